The Labute approximate surface area is 119 Å². The van der Waals surface area contributed by atoms with Crippen LogP contribution in [0.3, 0.4) is 0 Å². The van der Waals surface area contributed by atoms with E-state index >= 15 is 0 Å². The molecule has 0 unspecified atom stereocenters. The molecule has 0 heterocycles. The van der Waals surface area contributed by atoms with Crippen LogP contribution < -0.4 is 0 Å². The lowest BCUT2D eigenvalue weighted by Crippen LogP contribution is -2.43. The number of carbonyl (C=O) groups is 2. The minimum absolute atomic E-state index is 0.207. The highest BCUT2D eigenvalue weighted by Crippen LogP contribution is 2.24. The molecule has 0 bridgehead atoms. The van der Waals surface area contributed by atoms with Gasteiger partial charge in [-0.15, -0.1) is 0 Å². The van der Waals surface area contributed by atoms with Gasteiger partial charge in [-0.3, -0.25) is 4.79 Å². The number of unbranched alkanes of at least 4 members (excludes halogenated alkanes) is 1. The summed E-state index contributed by atoms with van der Waals surface area (Å²) in [6.45, 7) is 7.70. The summed E-state index contributed by atoms with van der Waals surface area (Å²) in [5.74, 6) is -0.795. The third-order valence-electron chi connectivity index (χ3n) is 2.47. The molecule has 0 amide bonds. The molecule has 1 aliphatic rings. The van der Waals surface area contributed by atoms with E-state index in [-0.39, 0.29) is 5.78 Å². The molecule has 20 heavy (non-hydrogen) atoms. The van der Waals surface area contributed by atoms with Crippen molar-refractivity contribution in [2.75, 3.05) is 6.61 Å². The molecule has 0 aromatic carbocycles. The summed E-state index contributed by atoms with van der Waals surface area (Å²) in [4.78, 5) is 33.9. The molecule has 1 aliphatic carbocycles. The van der Waals surface area contributed by atoms with Crippen LogP contribution >= 0.6 is 0 Å². The fourth-order valence-electron chi connectivity index (χ4n) is 1.36. The van der Waals surface area contributed by atoms with E-state index < -0.39 is 17.2 Å². The van der Waals surface area contributed by atoms with Gasteiger partial charge >= 0.3 is 5.97 Å². The quantitative estimate of drug-likeness (QED) is 0.324. The molecular formula is C15H22O5. The van der Waals surface area contributed by atoms with Crippen LogP contribution in [0.2, 0.25) is 0 Å². The van der Waals surface area contributed by atoms with Crippen LogP contribution in [0.25, 0.3) is 0 Å². The van der Waals surface area contributed by atoms with Gasteiger partial charge in [0.2, 0.25) is 5.60 Å². The van der Waals surface area contributed by atoms with Gasteiger partial charge in [-0.2, -0.15) is 0 Å². The molecule has 0 saturated heterocycles. The number of esters is 1. The highest BCUT2D eigenvalue weighted by Gasteiger charge is 2.41. The van der Waals surface area contributed by atoms with E-state index in [0.717, 1.165) is 12.8 Å². The van der Waals surface area contributed by atoms with E-state index in [9.17, 15) is 9.59 Å². The zero-order valence-electron chi connectivity index (χ0n) is 12.5. The Morgan fingerprint density at radius 1 is 1.25 bits per heavy atom. The van der Waals surface area contributed by atoms with E-state index in [1.807, 2.05) is 6.92 Å². The molecule has 0 radical (unpaired) electrons. The molecule has 0 aliphatic heterocycles. The summed E-state index contributed by atoms with van der Waals surface area (Å²) >= 11 is 0. The van der Waals surface area contributed by atoms with E-state index in [2.05, 4.69) is 0 Å². The third-order valence-corrected chi connectivity index (χ3v) is 2.47. The second kappa shape index (κ2) is 6.81. The first-order chi connectivity index (χ1) is 9.29. The predicted molar refractivity (Wildman–Crippen MR) is 73.8 cm³/mol. The van der Waals surface area contributed by atoms with Crippen LogP contribution in [0.15, 0.2) is 24.3 Å². The number of allylic oxidation sites excluding steroid dienone is 2. The number of rotatable bonds is 6. The summed E-state index contributed by atoms with van der Waals surface area (Å²) < 4.78 is 5.17. The maximum absolute atomic E-state index is 12.2. The Balaban J connectivity index is 2.80. The molecule has 0 saturated carbocycles. The SMILES string of the molecule is CCCCOC(=O)C1(OOC(C)(C)C)C=CC(=O)C=C1. The molecule has 0 aromatic rings. The van der Waals surface area contributed by atoms with Crippen LogP contribution in [0.1, 0.15) is 40.5 Å². The van der Waals surface area contributed by atoms with Crippen molar-refractivity contribution >= 4 is 11.8 Å². The van der Waals surface area contributed by atoms with Crippen molar-refractivity contribution < 1.29 is 24.1 Å². The van der Waals surface area contributed by atoms with Crippen LogP contribution in [-0.2, 0) is 24.1 Å². The largest absolute Gasteiger partial charge is 0.463 e. The predicted octanol–water partition coefficient (Wildman–Crippen LogP) is 2.51. The lowest BCUT2D eigenvalue weighted by atomic mass is 9.98. The Morgan fingerprint density at radius 3 is 2.35 bits per heavy atom. The minimum atomic E-state index is -1.49. The zero-order valence-corrected chi connectivity index (χ0v) is 12.5. The smallest absolute Gasteiger partial charge is 0.350 e. The minimum Gasteiger partial charge on any atom is -0.463 e. The lowest BCUT2D eigenvalue weighted by molar-refractivity contribution is -0.377. The van der Waals surface area contributed by atoms with Crippen molar-refractivity contribution in [3.05, 3.63) is 24.3 Å². The van der Waals surface area contributed by atoms with Crippen molar-refractivity contribution in [3.8, 4) is 0 Å². The number of carbonyl (C=O) groups excluding carboxylic acids is 2. The first-order valence-corrected chi connectivity index (χ1v) is 6.75. The second-order valence-corrected chi connectivity index (χ2v) is 5.63. The van der Waals surface area contributed by atoms with Crippen molar-refractivity contribution in [3.63, 3.8) is 0 Å². The normalized spacial score (nSPS) is 17.3. The summed E-state index contributed by atoms with van der Waals surface area (Å²) in [6, 6.07) is 0. The Morgan fingerprint density at radius 2 is 1.85 bits per heavy atom. The fraction of sp³-hybridized carbons (Fsp3) is 0.600. The van der Waals surface area contributed by atoms with E-state index in [1.54, 1.807) is 20.8 Å². The molecule has 1 rings (SSSR count). The van der Waals surface area contributed by atoms with Gasteiger partial charge < -0.3 is 4.74 Å². The Kier molecular flexibility index (Phi) is 5.65. The second-order valence-electron chi connectivity index (χ2n) is 5.63. The van der Waals surface area contributed by atoms with E-state index in [0.29, 0.717) is 6.61 Å². The summed E-state index contributed by atoms with van der Waals surface area (Å²) in [5, 5.41) is 0. The monoisotopic (exact) mass is 282 g/mol. The molecule has 112 valence electrons. The number of hydrogen-bond donors (Lipinski definition) is 0. The molecule has 5 heteroatoms. The number of ketones is 1. The average molecular weight is 282 g/mol. The molecule has 0 fully saturated rings. The summed E-state index contributed by atoms with van der Waals surface area (Å²) in [7, 11) is 0. The molecule has 0 N–H and O–H groups in total. The van der Waals surface area contributed by atoms with Crippen LogP contribution in [0, 0.1) is 0 Å². The van der Waals surface area contributed by atoms with Crippen molar-refractivity contribution in [1.82, 2.24) is 0 Å². The van der Waals surface area contributed by atoms with Crippen molar-refractivity contribution in [2.24, 2.45) is 0 Å². The Hall–Kier alpha value is -1.46. The lowest BCUT2D eigenvalue weighted by Gasteiger charge is -2.29. The maximum Gasteiger partial charge on any atom is 0.350 e. The van der Waals surface area contributed by atoms with Crippen LogP contribution in [0.5, 0.6) is 0 Å². The molecule has 0 spiro atoms. The first-order valence-electron chi connectivity index (χ1n) is 6.75. The highest BCUT2D eigenvalue weighted by atomic mass is 17.2. The third kappa shape index (κ3) is 4.90. The van der Waals surface area contributed by atoms with Gasteiger partial charge in [0, 0.05) is 0 Å². The number of ether oxygens (including phenoxy) is 1. The van der Waals surface area contributed by atoms with E-state index in [4.69, 9.17) is 14.5 Å². The fourth-order valence-corrected chi connectivity index (χ4v) is 1.36. The highest BCUT2D eigenvalue weighted by molar-refractivity contribution is 6.03. The topological polar surface area (TPSA) is 61.8 Å². The van der Waals surface area contributed by atoms with Gasteiger partial charge in [-0.25, -0.2) is 14.6 Å². The van der Waals surface area contributed by atoms with Gasteiger partial charge in [-0.05, 0) is 51.5 Å². The van der Waals surface area contributed by atoms with Gasteiger partial charge in [0.1, 0.15) is 0 Å². The van der Waals surface area contributed by atoms with Gasteiger partial charge in [-0.1, -0.05) is 13.3 Å². The summed E-state index contributed by atoms with van der Waals surface area (Å²) in [6.07, 6.45) is 6.95. The molecule has 0 atom stereocenters. The zero-order chi connectivity index (χ0) is 15.2. The van der Waals surface area contributed by atoms with Crippen LogP contribution in [-0.4, -0.2) is 29.6 Å². The molecule has 5 nitrogen and oxygen atoms in total. The standard InChI is InChI=1S/C15H22O5/c1-5-6-11-18-13(17)15(20-19-14(2,3)4)9-7-12(16)8-10-15/h7-10H,5-6,11H2,1-4H3. The van der Waals surface area contributed by atoms with Gasteiger partial charge in [0.05, 0.1) is 12.2 Å². The first kappa shape index (κ1) is 16.6. The van der Waals surface area contributed by atoms with Gasteiger partial charge in [0.25, 0.3) is 0 Å². The summed E-state index contributed by atoms with van der Waals surface area (Å²) in [5.41, 5.74) is -2.07. The van der Waals surface area contributed by atoms with Crippen molar-refractivity contribution in [1.29, 1.82) is 0 Å². The average Bonchev–Trinajstić information content (AvgIpc) is 2.38. The van der Waals surface area contributed by atoms with Crippen LogP contribution in [0.4, 0.5) is 0 Å². The maximum atomic E-state index is 12.2. The molecule has 0 aromatic heterocycles. The number of hydrogen-bond acceptors (Lipinski definition) is 5. The van der Waals surface area contributed by atoms with Crippen molar-refractivity contribution in [2.45, 2.75) is 51.7 Å². The van der Waals surface area contributed by atoms with Gasteiger partial charge in [0.15, 0.2) is 5.78 Å². The molecular weight excluding hydrogens is 260 g/mol. The Bertz CT molecular complexity index is 398. The van der Waals surface area contributed by atoms with E-state index in [1.165, 1.54) is 24.3 Å².